The minimum Gasteiger partial charge on any atom is -0.493 e. The summed E-state index contributed by atoms with van der Waals surface area (Å²) >= 11 is 0. The predicted molar refractivity (Wildman–Crippen MR) is 193 cm³/mol. The Morgan fingerprint density at radius 3 is 1.92 bits per heavy atom. The second-order valence-corrected chi connectivity index (χ2v) is 16.2. The van der Waals surface area contributed by atoms with Gasteiger partial charge in [-0.3, -0.25) is 9.80 Å². The first-order chi connectivity index (χ1) is 24.4. The van der Waals surface area contributed by atoms with Crippen molar-refractivity contribution in [2.45, 2.75) is 83.7 Å². The van der Waals surface area contributed by atoms with Crippen molar-refractivity contribution in [1.29, 1.82) is 5.26 Å². The average Bonchev–Trinajstić information content (AvgIpc) is 3.47. The van der Waals surface area contributed by atoms with Crippen molar-refractivity contribution >= 4 is 0 Å². The number of methoxy groups -OCH3 is 2. The molecule has 2 aliphatic carbocycles. The molecule has 8 rings (SSSR count). The molecule has 5 aliphatic rings. The fraction of sp³-hybridized carbons (Fsp3) is 0.561. The van der Waals surface area contributed by atoms with Crippen molar-refractivity contribution in [3.8, 4) is 40.7 Å². The number of fused-ring (bicyclic) bond motifs is 6. The van der Waals surface area contributed by atoms with Crippen LogP contribution >= 0.6 is 0 Å². The number of aromatic nitrogens is 1. The second kappa shape index (κ2) is 12.4. The van der Waals surface area contributed by atoms with Gasteiger partial charge in [-0.25, -0.2) is 4.98 Å². The third-order valence-corrected chi connectivity index (χ3v) is 12.1. The second-order valence-electron chi connectivity index (χ2n) is 16.2. The van der Waals surface area contributed by atoms with E-state index in [4.69, 9.17) is 33.4 Å². The fourth-order valence-electron chi connectivity index (χ4n) is 9.87. The van der Waals surface area contributed by atoms with Gasteiger partial charge >= 0.3 is 0 Å². The lowest BCUT2D eigenvalue weighted by Crippen LogP contribution is -2.38. The monoisotopic (exact) mass is 694 g/mol. The normalized spacial score (nSPS) is 23.0. The molecule has 1 unspecified atom stereocenters. The Morgan fingerprint density at radius 1 is 0.784 bits per heavy atom. The Bertz CT molecular complexity index is 1950. The number of pyridine rings is 1. The molecule has 10 heteroatoms. The van der Waals surface area contributed by atoms with E-state index < -0.39 is 0 Å². The van der Waals surface area contributed by atoms with E-state index in [0.29, 0.717) is 61.7 Å². The number of hydrogen-bond acceptors (Lipinski definition) is 10. The summed E-state index contributed by atoms with van der Waals surface area (Å²) in [6, 6.07) is 6.84. The summed E-state index contributed by atoms with van der Waals surface area (Å²) in [5, 5.41) is 10.3. The van der Waals surface area contributed by atoms with Crippen molar-refractivity contribution < 1.29 is 28.4 Å². The standard InChI is InChI=1S/C41H50N4O6/c1-24-25(2)43-38-37(26(24)19-42)51-36-28(21-45-11-15-49-16-12-45)34-30(18-32(36)50-38)40(5,6)23-41(34)22-39(3,4)29-17-31(46-7)35(47-8)27(33(29)41)20-44-9-13-48-14-10-44/h17-18H,9-16,20-23H2,1-8H3. The molecule has 1 aromatic heterocycles. The lowest BCUT2D eigenvalue weighted by atomic mass is 9.70. The molecule has 51 heavy (non-hydrogen) atoms. The van der Waals surface area contributed by atoms with E-state index in [-0.39, 0.29) is 16.2 Å². The molecule has 0 N–H and O–H groups in total. The van der Waals surface area contributed by atoms with E-state index in [2.05, 4.69) is 55.7 Å². The molecular formula is C41H50N4O6. The zero-order valence-corrected chi connectivity index (χ0v) is 31.4. The van der Waals surface area contributed by atoms with Crippen LogP contribution in [0.3, 0.4) is 0 Å². The number of rotatable bonds is 6. The molecule has 2 fully saturated rings. The Morgan fingerprint density at radius 2 is 1.35 bits per heavy atom. The van der Waals surface area contributed by atoms with Crippen LogP contribution in [0.15, 0.2) is 12.1 Å². The van der Waals surface area contributed by atoms with Gasteiger partial charge in [0.15, 0.2) is 23.0 Å². The quantitative estimate of drug-likeness (QED) is 0.214. The number of hydrogen-bond donors (Lipinski definition) is 0. The van der Waals surface area contributed by atoms with Gasteiger partial charge in [0.25, 0.3) is 5.88 Å². The molecule has 0 bridgehead atoms. The van der Waals surface area contributed by atoms with Gasteiger partial charge in [0.1, 0.15) is 11.6 Å². The number of aryl methyl sites for hydroxylation is 1. The number of ether oxygens (including phenoxy) is 6. The number of morpholine rings is 2. The summed E-state index contributed by atoms with van der Waals surface area (Å²) < 4.78 is 37.5. The molecule has 0 radical (unpaired) electrons. The van der Waals surface area contributed by atoms with Crippen LogP contribution in [0, 0.1) is 25.2 Å². The number of nitriles is 1. The summed E-state index contributed by atoms with van der Waals surface area (Å²) in [4.78, 5) is 9.70. The summed E-state index contributed by atoms with van der Waals surface area (Å²) in [6.07, 6.45) is 1.84. The first kappa shape index (κ1) is 34.2. The van der Waals surface area contributed by atoms with Crippen LogP contribution < -0.4 is 18.9 Å². The fourth-order valence-corrected chi connectivity index (χ4v) is 9.87. The summed E-state index contributed by atoms with van der Waals surface area (Å²) in [6.45, 7) is 20.9. The van der Waals surface area contributed by atoms with E-state index >= 15 is 0 Å². The topological polar surface area (TPSA) is 98.5 Å². The summed E-state index contributed by atoms with van der Waals surface area (Å²) in [5.74, 6) is 3.68. The molecule has 1 spiro atoms. The molecule has 1 atom stereocenters. The highest BCUT2D eigenvalue weighted by molar-refractivity contribution is 5.73. The van der Waals surface area contributed by atoms with Gasteiger partial charge in [0.2, 0.25) is 5.75 Å². The maximum Gasteiger partial charge on any atom is 0.265 e. The van der Waals surface area contributed by atoms with Crippen LogP contribution in [0.4, 0.5) is 0 Å². The lowest BCUT2D eigenvalue weighted by Gasteiger charge is -2.37. The van der Waals surface area contributed by atoms with Gasteiger partial charge < -0.3 is 28.4 Å². The third-order valence-electron chi connectivity index (χ3n) is 12.1. The molecule has 3 aliphatic heterocycles. The molecule has 0 amide bonds. The predicted octanol–water partition coefficient (Wildman–Crippen LogP) is 6.80. The first-order valence-electron chi connectivity index (χ1n) is 18.3. The van der Waals surface area contributed by atoms with E-state index in [9.17, 15) is 5.26 Å². The Hall–Kier alpha value is -3.88. The number of benzene rings is 2. The first-order valence-corrected chi connectivity index (χ1v) is 18.3. The zero-order valence-electron chi connectivity index (χ0n) is 31.4. The van der Waals surface area contributed by atoms with Gasteiger partial charge in [-0.2, -0.15) is 5.26 Å². The van der Waals surface area contributed by atoms with Crippen LogP contribution in [0.5, 0.6) is 34.6 Å². The highest BCUT2D eigenvalue weighted by atomic mass is 16.6. The van der Waals surface area contributed by atoms with Gasteiger partial charge in [-0.15, -0.1) is 0 Å². The Labute approximate surface area is 301 Å². The van der Waals surface area contributed by atoms with Crippen LogP contribution in [0.2, 0.25) is 0 Å². The molecule has 10 nitrogen and oxygen atoms in total. The minimum absolute atomic E-state index is 0.158. The van der Waals surface area contributed by atoms with Crippen molar-refractivity contribution in [3.05, 3.63) is 62.3 Å². The maximum absolute atomic E-state index is 10.3. The van der Waals surface area contributed by atoms with E-state index in [1.54, 1.807) is 14.2 Å². The van der Waals surface area contributed by atoms with Gasteiger partial charge in [0.05, 0.1) is 40.6 Å². The Balaban J connectivity index is 1.42. The van der Waals surface area contributed by atoms with Crippen molar-refractivity contribution in [3.63, 3.8) is 0 Å². The molecule has 2 saturated heterocycles. The van der Waals surface area contributed by atoms with E-state index in [1.807, 2.05) is 13.8 Å². The molecule has 3 aromatic rings. The molecular weight excluding hydrogens is 644 g/mol. The average molecular weight is 695 g/mol. The largest absolute Gasteiger partial charge is 0.493 e. The lowest BCUT2D eigenvalue weighted by molar-refractivity contribution is 0.0334. The molecule has 4 heterocycles. The zero-order chi connectivity index (χ0) is 35.9. The van der Waals surface area contributed by atoms with Gasteiger partial charge in [-0.05, 0) is 77.5 Å². The summed E-state index contributed by atoms with van der Waals surface area (Å²) in [7, 11) is 3.50. The molecule has 270 valence electrons. The smallest absolute Gasteiger partial charge is 0.265 e. The third kappa shape index (κ3) is 5.30. The highest BCUT2D eigenvalue weighted by Gasteiger charge is 2.59. The van der Waals surface area contributed by atoms with E-state index in [1.165, 1.54) is 27.8 Å². The van der Waals surface area contributed by atoms with Crippen molar-refractivity contribution in [2.75, 3.05) is 66.8 Å². The van der Waals surface area contributed by atoms with Crippen LogP contribution in [0.1, 0.15) is 90.7 Å². The minimum atomic E-state index is -0.349. The van der Waals surface area contributed by atoms with Crippen molar-refractivity contribution in [1.82, 2.24) is 14.8 Å². The van der Waals surface area contributed by atoms with Crippen LogP contribution in [-0.2, 0) is 38.8 Å². The number of nitrogens with zero attached hydrogens (tertiary/aromatic N) is 4. The maximum atomic E-state index is 10.3. The SMILES string of the molecule is COc1cc2c(c(CN3CCOCC3)c1OC)C1(CC2(C)C)CC(C)(C)c2cc3c(c(CN4CCOCC4)c21)Oc1c(nc(C)c(C)c1C#N)O3. The van der Waals surface area contributed by atoms with Crippen LogP contribution in [0.25, 0.3) is 0 Å². The van der Waals surface area contributed by atoms with Gasteiger partial charge in [0, 0.05) is 61.5 Å². The Kier molecular flexibility index (Phi) is 8.30. The van der Waals surface area contributed by atoms with E-state index in [0.717, 1.165) is 73.9 Å². The van der Waals surface area contributed by atoms with Crippen molar-refractivity contribution in [2.24, 2.45) is 0 Å². The molecule has 0 saturated carbocycles. The van der Waals surface area contributed by atoms with Crippen LogP contribution in [-0.4, -0.2) is 81.6 Å². The molecule has 2 aromatic carbocycles. The summed E-state index contributed by atoms with van der Waals surface area (Å²) in [5.41, 5.74) is 8.91. The highest BCUT2D eigenvalue weighted by Crippen LogP contribution is 2.68. The van der Waals surface area contributed by atoms with Gasteiger partial charge in [-0.1, -0.05) is 27.7 Å².